The second-order valence-corrected chi connectivity index (χ2v) is 5.02. The number of nitrogens with one attached hydrogen (secondary N) is 2. The zero-order valence-electron chi connectivity index (χ0n) is 12.8. The van der Waals surface area contributed by atoms with Gasteiger partial charge < -0.3 is 15.7 Å². The molecular formula is C18H22N2O. The summed E-state index contributed by atoms with van der Waals surface area (Å²) < 4.78 is 0. The summed E-state index contributed by atoms with van der Waals surface area (Å²) in [4.78, 5) is 0. The van der Waals surface area contributed by atoms with E-state index in [4.69, 9.17) is 0 Å². The first-order chi connectivity index (χ1) is 10.1. The van der Waals surface area contributed by atoms with Crippen molar-refractivity contribution in [3.8, 4) is 16.9 Å². The molecule has 3 heteroatoms. The number of phenols is 1. The van der Waals surface area contributed by atoms with E-state index in [1.807, 2.05) is 25.4 Å². The first-order valence-corrected chi connectivity index (χ1v) is 7.17. The predicted octanol–water partition coefficient (Wildman–Crippen LogP) is 4.25. The summed E-state index contributed by atoms with van der Waals surface area (Å²) in [6.45, 7) is 4.20. The van der Waals surface area contributed by atoms with Crippen molar-refractivity contribution in [1.82, 2.24) is 5.32 Å². The number of aryl methyl sites for hydroxylation is 1. The van der Waals surface area contributed by atoms with Crippen molar-refractivity contribution in [2.45, 2.75) is 20.3 Å². The molecule has 0 unspecified atom stereocenters. The molecule has 0 fully saturated rings. The van der Waals surface area contributed by atoms with Crippen LogP contribution in [0.4, 0.5) is 5.69 Å². The maximum atomic E-state index is 9.60. The minimum absolute atomic E-state index is 0.291. The topological polar surface area (TPSA) is 44.3 Å². The SMILES string of the molecule is CC/C(=C\NC)Nc1ccc(-c2cccc(O)c2)c(C)c1. The molecule has 0 amide bonds. The van der Waals surface area contributed by atoms with Crippen molar-refractivity contribution >= 4 is 5.69 Å². The fourth-order valence-corrected chi connectivity index (χ4v) is 2.32. The van der Waals surface area contributed by atoms with Crippen molar-refractivity contribution in [2.75, 3.05) is 12.4 Å². The van der Waals surface area contributed by atoms with Crippen LogP contribution in [0.15, 0.2) is 54.4 Å². The maximum Gasteiger partial charge on any atom is 0.116 e. The summed E-state index contributed by atoms with van der Waals surface area (Å²) in [5.41, 5.74) is 5.54. The Labute approximate surface area is 126 Å². The summed E-state index contributed by atoms with van der Waals surface area (Å²) in [5, 5.41) is 16.1. The van der Waals surface area contributed by atoms with Crippen LogP contribution < -0.4 is 10.6 Å². The van der Waals surface area contributed by atoms with Gasteiger partial charge in [0.15, 0.2) is 0 Å². The van der Waals surface area contributed by atoms with Crippen LogP contribution in [-0.4, -0.2) is 12.2 Å². The normalized spacial score (nSPS) is 11.3. The molecule has 2 aromatic carbocycles. The fourth-order valence-electron chi connectivity index (χ4n) is 2.32. The van der Waals surface area contributed by atoms with Crippen LogP contribution in [0.25, 0.3) is 11.1 Å². The zero-order chi connectivity index (χ0) is 15.2. The highest BCUT2D eigenvalue weighted by Gasteiger charge is 2.04. The third-order valence-electron chi connectivity index (χ3n) is 3.39. The number of phenolic OH excluding ortho intramolecular Hbond substituents is 1. The molecule has 3 N–H and O–H groups in total. The average Bonchev–Trinajstić information content (AvgIpc) is 2.47. The minimum Gasteiger partial charge on any atom is -0.508 e. The van der Waals surface area contributed by atoms with Gasteiger partial charge in [-0.3, -0.25) is 0 Å². The van der Waals surface area contributed by atoms with Crippen LogP contribution in [0.3, 0.4) is 0 Å². The van der Waals surface area contributed by atoms with Crippen LogP contribution in [0.2, 0.25) is 0 Å². The summed E-state index contributed by atoms with van der Waals surface area (Å²) in [6.07, 6.45) is 2.91. The molecule has 110 valence electrons. The van der Waals surface area contributed by atoms with Gasteiger partial charge in [0.2, 0.25) is 0 Å². The molecule has 3 nitrogen and oxygen atoms in total. The monoisotopic (exact) mass is 282 g/mol. The molecule has 2 aromatic rings. The molecule has 2 rings (SSSR count). The van der Waals surface area contributed by atoms with Gasteiger partial charge in [-0.25, -0.2) is 0 Å². The van der Waals surface area contributed by atoms with E-state index in [0.29, 0.717) is 5.75 Å². The number of allylic oxidation sites excluding steroid dienone is 1. The van der Waals surface area contributed by atoms with E-state index in [-0.39, 0.29) is 0 Å². The van der Waals surface area contributed by atoms with Gasteiger partial charge in [-0.05, 0) is 54.3 Å². The number of benzene rings is 2. The van der Waals surface area contributed by atoms with Crippen LogP contribution in [-0.2, 0) is 0 Å². The molecule has 0 saturated carbocycles. The Bertz CT molecular complexity index is 647. The zero-order valence-corrected chi connectivity index (χ0v) is 12.8. The van der Waals surface area contributed by atoms with Crippen molar-refractivity contribution in [2.24, 2.45) is 0 Å². The van der Waals surface area contributed by atoms with Crippen LogP contribution in [0.1, 0.15) is 18.9 Å². The molecule has 0 spiro atoms. The third-order valence-corrected chi connectivity index (χ3v) is 3.39. The molecule has 0 atom stereocenters. The first-order valence-electron chi connectivity index (χ1n) is 7.17. The highest BCUT2D eigenvalue weighted by molar-refractivity contribution is 5.71. The molecule has 0 aromatic heterocycles. The van der Waals surface area contributed by atoms with E-state index >= 15 is 0 Å². The van der Waals surface area contributed by atoms with E-state index in [0.717, 1.165) is 28.9 Å². The van der Waals surface area contributed by atoms with Crippen LogP contribution >= 0.6 is 0 Å². The van der Waals surface area contributed by atoms with Crippen LogP contribution in [0.5, 0.6) is 5.75 Å². The highest BCUT2D eigenvalue weighted by atomic mass is 16.3. The fraction of sp³-hybridized carbons (Fsp3) is 0.222. The second kappa shape index (κ2) is 6.84. The molecule has 0 saturated heterocycles. The van der Waals surface area contributed by atoms with Crippen LogP contribution in [0, 0.1) is 6.92 Å². The number of hydrogen-bond donors (Lipinski definition) is 3. The largest absolute Gasteiger partial charge is 0.508 e. The lowest BCUT2D eigenvalue weighted by atomic mass is 10.00. The molecule has 0 bridgehead atoms. The lowest BCUT2D eigenvalue weighted by Gasteiger charge is -2.13. The third kappa shape index (κ3) is 3.78. The number of hydrogen-bond acceptors (Lipinski definition) is 3. The summed E-state index contributed by atoms with van der Waals surface area (Å²) in [5.74, 6) is 0.291. The summed E-state index contributed by atoms with van der Waals surface area (Å²) in [6, 6.07) is 13.6. The number of aromatic hydroxyl groups is 1. The van der Waals surface area contributed by atoms with Gasteiger partial charge in [0.1, 0.15) is 5.75 Å². The molecule has 0 aliphatic rings. The van der Waals surface area contributed by atoms with Gasteiger partial charge in [-0.2, -0.15) is 0 Å². The molecule has 0 heterocycles. The Morgan fingerprint density at radius 1 is 1.19 bits per heavy atom. The lowest BCUT2D eigenvalue weighted by Crippen LogP contribution is -2.04. The molecule has 0 aliphatic carbocycles. The standard InChI is InChI=1S/C18H22N2O/c1-4-15(12-19-3)20-16-8-9-18(13(2)10-16)14-6-5-7-17(21)11-14/h5-12,19-21H,4H2,1-3H3/b15-12+. The quantitative estimate of drug-likeness (QED) is 0.768. The minimum atomic E-state index is 0.291. The van der Waals surface area contributed by atoms with E-state index < -0.39 is 0 Å². The van der Waals surface area contributed by atoms with Gasteiger partial charge in [-0.1, -0.05) is 25.1 Å². The number of rotatable bonds is 5. The second-order valence-electron chi connectivity index (χ2n) is 5.02. The van der Waals surface area contributed by atoms with E-state index in [9.17, 15) is 5.11 Å². The van der Waals surface area contributed by atoms with Gasteiger partial charge in [0.05, 0.1) is 0 Å². The number of anilines is 1. The Kier molecular flexibility index (Phi) is 4.88. The molecular weight excluding hydrogens is 260 g/mol. The predicted molar refractivity (Wildman–Crippen MR) is 89.3 cm³/mol. The van der Waals surface area contributed by atoms with E-state index in [2.05, 4.69) is 42.7 Å². The van der Waals surface area contributed by atoms with Gasteiger partial charge >= 0.3 is 0 Å². The van der Waals surface area contributed by atoms with Gasteiger partial charge in [0.25, 0.3) is 0 Å². The molecule has 21 heavy (non-hydrogen) atoms. The van der Waals surface area contributed by atoms with Crippen molar-refractivity contribution < 1.29 is 5.11 Å². The maximum absolute atomic E-state index is 9.60. The average molecular weight is 282 g/mol. The van der Waals surface area contributed by atoms with Crippen molar-refractivity contribution in [3.63, 3.8) is 0 Å². The van der Waals surface area contributed by atoms with Gasteiger partial charge in [0, 0.05) is 24.6 Å². The Morgan fingerprint density at radius 3 is 2.62 bits per heavy atom. The van der Waals surface area contributed by atoms with Crippen molar-refractivity contribution in [1.29, 1.82) is 0 Å². The Balaban J connectivity index is 2.27. The molecule has 0 radical (unpaired) electrons. The smallest absolute Gasteiger partial charge is 0.116 e. The summed E-state index contributed by atoms with van der Waals surface area (Å²) >= 11 is 0. The Hall–Kier alpha value is -2.42. The lowest BCUT2D eigenvalue weighted by molar-refractivity contribution is 0.475. The first kappa shape index (κ1) is 15.0. The summed E-state index contributed by atoms with van der Waals surface area (Å²) in [7, 11) is 1.90. The molecule has 0 aliphatic heterocycles. The van der Waals surface area contributed by atoms with E-state index in [1.54, 1.807) is 12.1 Å². The Morgan fingerprint density at radius 2 is 2.00 bits per heavy atom. The van der Waals surface area contributed by atoms with Crippen molar-refractivity contribution in [3.05, 3.63) is 59.9 Å². The highest BCUT2D eigenvalue weighted by Crippen LogP contribution is 2.28. The van der Waals surface area contributed by atoms with Gasteiger partial charge in [-0.15, -0.1) is 0 Å². The van der Waals surface area contributed by atoms with E-state index in [1.165, 1.54) is 5.56 Å².